The fourth-order valence-corrected chi connectivity index (χ4v) is 10.9. The molecular weight excluding hydrogens is 915 g/mol. The highest BCUT2D eigenvalue weighted by molar-refractivity contribution is 5.96. The van der Waals surface area contributed by atoms with Crippen molar-refractivity contribution in [3.05, 3.63) is 88.8 Å². The molecule has 0 saturated carbocycles. The standard InChI is InChI=1S/C55H67N9O8/c1-33(2)71-46-25-42-36(23-44(46)67-8)13-15-40-49(59-50(63(40)42)38-28-56-32-57-29-38)53(66)62-20-22-70-31-55(62,7)18-17-35(4)72-47-26-43-37(24-45(47)68-9)14-16-41-48(52(65)61-19-21-69-30-54(61,5)6)60-51(64(41)43)39-12-10-11-34(3)27-58-39/h12,23-29,32-35H,10-11,13-22,30-31H2,1-9H3. The Morgan fingerprint density at radius 1 is 0.750 bits per heavy atom. The van der Waals surface area contributed by atoms with Crippen LogP contribution in [0.15, 0.2) is 54.1 Å². The maximum Gasteiger partial charge on any atom is 0.274 e. The summed E-state index contributed by atoms with van der Waals surface area (Å²) in [6, 6.07) is 8.09. The lowest BCUT2D eigenvalue weighted by Gasteiger charge is -2.45. The Morgan fingerprint density at radius 3 is 1.96 bits per heavy atom. The summed E-state index contributed by atoms with van der Waals surface area (Å²) in [5, 5.41) is 0. The Balaban J connectivity index is 0.943. The van der Waals surface area contributed by atoms with Crippen LogP contribution in [0.5, 0.6) is 23.0 Å². The SMILES string of the molecule is COc1cc2c(cc1OC(C)C)-n1c(-c3cncnc3)nc(C(=O)N3CCOCC3(C)CCC(C)Oc3cc4c(cc3OC)CCc3c(C(=O)N5CCOCC5(C)C)nc(C5=CCCC(C)C=N5)n3-4)c1CC2. The number of aliphatic imine (C=N–C) groups is 1. The zero-order valence-electron chi connectivity index (χ0n) is 43.1. The number of nitrogens with zero attached hydrogens (tertiary/aromatic N) is 9. The minimum atomic E-state index is -0.680. The van der Waals surface area contributed by atoms with Crippen LogP contribution in [0.1, 0.15) is 123 Å². The van der Waals surface area contributed by atoms with Crippen molar-refractivity contribution in [2.24, 2.45) is 10.9 Å². The highest BCUT2D eigenvalue weighted by Gasteiger charge is 2.43. The van der Waals surface area contributed by atoms with Gasteiger partial charge in [0.15, 0.2) is 40.2 Å². The van der Waals surface area contributed by atoms with Gasteiger partial charge in [0.05, 0.1) is 92.3 Å². The van der Waals surface area contributed by atoms with Gasteiger partial charge in [-0.2, -0.15) is 0 Å². The molecule has 17 nitrogen and oxygen atoms in total. The van der Waals surface area contributed by atoms with E-state index in [1.54, 1.807) is 26.6 Å². The highest BCUT2D eigenvalue weighted by atomic mass is 16.5. The number of amides is 2. The number of hydrogen-bond donors (Lipinski definition) is 0. The molecule has 5 aromatic rings. The van der Waals surface area contributed by atoms with Crippen LogP contribution < -0.4 is 18.9 Å². The molecule has 3 unspecified atom stereocenters. The van der Waals surface area contributed by atoms with Crippen molar-refractivity contribution in [2.75, 3.05) is 53.7 Å². The minimum absolute atomic E-state index is 0.0815. The second-order valence-electron chi connectivity index (χ2n) is 20.9. The molecule has 5 aliphatic heterocycles. The number of methoxy groups -OCH3 is 2. The predicted molar refractivity (Wildman–Crippen MR) is 272 cm³/mol. The Bertz CT molecular complexity index is 2940. The van der Waals surface area contributed by atoms with E-state index >= 15 is 4.79 Å². The van der Waals surface area contributed by atoms with E-state index in [0.717, 1.165) is 52.4 Å². The molecule has 72 heavy (non-hydrogen) atoms. The van der Waals surface area contributed by atoms with Gasteiger partial charge in [0.1, 0.15) is 17.8 Å². The summed E-state index contributed by atoms with van der Waals surface area (Å²) < 4.78 is 41.0. The zero-order valence-corrected chi connectivity index (χ0v) is 43.1. The highest BCUT2D eigenvalue weighted by Crippen LogP contribution is 2.43. The number of morpholine rings is 2. The van der Waals surface area contributed by atoms with Crippen molar-refractivity contribution < 1.29 is 38.0 Å². The van der Waals surface area contributed by atoms with Crippen LogP contribution in [0.2, 0.25) is 0 Å². The summed E-state index contributed by atoms with van der Waals surface area (Å²) in [6.07, 6.45) is 14.3. The van der Waals surface area contributed by atoms with Gasteiger partial charge in [-0.25, -0.2) is 19.9 Å². The van der Waals surface area contributed by atoms with Gasteiger partial charge in [-0.15, -0.1) is 0 Å². The lowest BCUT2D eigenvalue weighted by molar-refractivity contribution is -0.0521. The fourth-order valence-electron chi connectivity index (χ4n) is 10.9. The summed E-state index contributed by atoms with van der Waals surface area (Å²) in [5.41, 5.74) is 6.68. The monoisotopic (exact) mass is 982 g/mol. The van der Waals surface area contributed by atoms with Crippen molar-refractivity contribution >= 4 is 23.7 Å². The summed E-state index contributed by atoms with van der Waals surface area (Å²) >= 11 is 0. The number of ether oxygens (including phenoxy) is 6. The number of benzene rings is 2. The average Bonchev–Trinajstić information content (AvgIpc) is 3.89. The molecule has 2 aromatic carbocycles. The first-order valence-corrected chi connectivity index (χ1v) is 25.5. The predicted octanol–water partition coefficient (Wildman–Crippen LogP) is 8.09. The molecule has 3 aromatic heterocycles. The number of rotatable bonds is 13. The molecule has 0 N–H and O–H groups in total. The number of aromatic nitrogens is 6. The first kappa shape index (κ1) is 49.0. The Hall–Kier alpha value is -6.59. The van der Waals surface area contributed by atoms with Crippen LogP contribution in [0.25, 0.3) is 28.5 Å². The number of imidazole rings is 2. The van der Waals surface area contributed by atoms with E-state index in [2.05, 4.69) is 45.1 Å². The summed E-state index contributed by atoms with van der Waals surface area (Å²) in [7, 11) is 3.30. The van der Waals surface area contributed by atoms with E-state index in [4.69, 9.17) is 43.4 Å². The van der Waals surface area contributed by atoms with Crippen molar-refractivity contribution in [1.82, 2.24) is 38.9 Å². The van der Waals surface area contributed by atoms with E-state index in [0.29, 0.717) is 136 Å². The first-order chi connectivity index (χ1) is 34.7. The van der Waals surface area contributed by atoms with Gasteiger partial charge in [-0.1, -0.05) is 13.0 Å². The largest absolute Gasteiger partial charge is 0.493 e. The van der Waals surface area contributed by atoms with Crippen LogP contribution in [-0.2, 0) is 35.2 Å². The number of hydrogen-bond acceptors (Lipinski definition) is 13. The number of carbonyl (C=O) groups excluding carboxylic acids is 2. The molecular formula is C55H67N9O8. The molecule has 10 rings (SSSR count). The number of allylic oxidation sites excluding steroid dienone is 1. The zero-order chi connectivity index (χ0) is 50.5. The molecule has 2 saturated heterocycles. The summed E-state index contributed by atoms with van der Waals surface area (Å²) in [6.45, 7) is 16.9. The van der Waals surface area contributed by atoms with E-state index in [1.807, 2.05) is 68.8 Å². The first-order valence-electron chi connectivity index (χ1n) is 25.5. The van der Waals surface area contributed by atoms with Crippen LogP contribution in [0.3, 0.4) is 0 Å². The van der Waals surface area contributed by atoms with Gasteiger partial charge in [0.25, 0.3) is 11.8 Å². The second kappa shape index (κ2) is 19.8. The Labute approximate surface area is 421 Å². The van der Waals surface area contributed by atoms with Gasteiger partial charge < -0.3 is 38.2 Å². The lowest BCUT2D eigenvalue weighted by atomic mass is 9.91. The van der Waals surface area contributed by atoms with E-state index in [1.165, 1.54) is 6.33 Å². The van der Waals surface area contributed by atoms with Gasteiger partial charge in [-0.3, -0.25) is 23.7 Å². The minimum Gasteiger partial charge on any atom is -0.493 e. The molecule has 0 radical (unpaired) electrons. The van der Waals surface area contributed by atoms with Crippen LogP contribution in [0.4, 0.5) is 0 Å². The van der Waals surface area contributed by atoms with Crippen LogP contribution in [-0.4, -0.2) is 134 Å². The molecule has 0 spiro atoms. The lowest BCUT2D eigenvalue weighted by Crippen LogP contribution is -2.57. The number of aryl methyl sites for hydroxylation is 2. The van der Waals surface area contributed by atoms with E-state index in [-0.39, 0.29) is 24.0 Å². The quantitative estimate of drug-likeness (QED) is 0.111. The molecule has 0 aliphatic carbocycles. The maximum absolute atomic E-state index is 15.2. The topological polar surface area (TPSA) is 170 Å². The molecule has 0 bridgehead atoms. The van der Waals surface area contributed by atoms with Crippen molar-refractivity contribution in [3.8, 4) is 45.8 Å². The second-order valence-corrected chi connectivity index (χ2v) is 20.9. The average molecular weight is 982 g/mol. The van der Waals surface area contributed by atoms with Gasteiger partial charge >= 0.3 is 0 Å². The van der Waals surface area contributed by atoms with Gasteiger partial charge in [-0.05, 0) is 122 Å². The number of carbonyl (C=O) groups is 2. The maximum atomic E-state index is 15.2. The van der Waals surface area contributed by atoms with Crippen molar-refractivity contribution in [3.63, 3.8) is 0 Å². The van der Waals surface area contributed by atoms with Gasteiger partial charge in [0, 0.05) is 43.8 Å². The fraction of sp³-hybridized carbons (Fsp3) is 0.509. The third-order valence-corrected chi connectivity index (χ3v) is 14.7. The molecule has 5 aliphatic rings. The Morgan fingerprint density at radius 2 is 1.33 bits per heavy atom. The third-order valence-electron chi connectivity index (χ3n) is 14.7. The van der Waals surface area contributed by atoms with Crippen LogP contribution >= 0.6 is 0 Å². The van der Waals surface area contributed by atoms with Crippen molar-refractivity contribution in [1.29, 1.82) is 0 Å². The molecule has 17 heteroatoms. The molecule has 380 valence electrons. The van der Waals surface area contributed by atoms with Crippen LogP contribution in [0, 0.1) is 5.92 Å². The Kier molecular flexibility index (Phi) is 13.5. The smallest absolute Gasteiger partial charge is 0.274 e. The molecule has 8 heterocycles. The normalized spacial score (nSPS) is 20.6. The molecule has 2 fully saturated rings. The van der Waals surface area contributed by atoms with Crippen molar-refractivity contribution in [2.45, 2.75) is 123 Å². The molecule has 3 atom stereocenters. The van der Waals surface area contributed by atoms with Gasteiger partial charge in [0.2, 0.25) is 0 Å². The summed E-state index contributed by atoms with van der Waals surface area (Å²) in [4.78, 5) is 57.5. The van der Waals surface area contributed by atoms with E-state index in [9.17, 15) is 4.79 Å². The summed E-state index contributed by atoms with van der Waals surface area (Å²) in [5.74, 6) is 3.75. The number of fused-ring (bicyclic) bond motifs is 6. The molecule has 2 amide bonds. The van der Waals surface area contributed by atoms with E-state index < -0.39 is 11.1 Å². The third kappa shape index (κ3) is 9.14.